The molecule has 2 aromatic rings. The lowest BCUT2D eigenvalue weighted by molar-refractivity contribution is -0.116. The molecule has 0 saturated carbocycles. The molecule has 1 saturated heterocycles. The van der Waals surface area contributed by atoms with Crippen LogP contribution in [0.2, 0.25) is 0 Å². The number of nitrogens with zero attached hydrogens (tertiary/aromatic N) is 1. The smallest absolute Gasteiger partial charge is 0.255 e. The molecule has 0 spiro atoms. The Kier molecular flexibility index (Phi) is 7.94. The van der Waals surface area contributed by atoms with E-state index in [1.54, 1.807) is 18.2 Å². The summed E-state index contributed by atoms with van der Waals surface area (Å²) in [5, 5.41) is 5.19. The van der Waals surface area contributed by atoms with Gasteiger partial charge in [-0.15, -0.1) is 0 Å². The minimum atomic E-state index is -3.24. The van der Waals surface area contributed by atoms with Crippen molar-refractivity contribution in [2.24, 2.45) is 0 Å². The molecular formula is C22H26FN3O5S. The van der Waals surface area contributed by atoms with Gasteiger partial charge in [0.15, 0.2) is 9.84 Å². The molecule has 0 aromatic heterocycles. The summed E-state index contributed by atoms with van der Waals surface area (Å²) in [5.74, 6) is -1.59. The third kappa shape index (κ3) is 7.40. The standard InChI is InChI=1S/C22H26FN3O5S/c1-32(29,30)15-16-3-2-4-17(13-16)22(28)24-18-5-6-19(23)20(14-18)25-21(27)7-8-26-9-11-31-12-10-26/h2-6,13-14H,7-12,15H2,1H3,(H,24,28)(H,25,27). The second kappa shape index (κ2) is 10.7. The maximum Gasteiger partial charge on any atom is 0.255 e. The van der Waals surface area contributed by atoms with Crippen LogP contribution < -0.4 is 10.6 Å². The third-order valence-corrected chi connectivity index (χ3v) is 5.73. The molecule has 0 bridgehead atoms. The Balaban J connectivity index is 1.61. The van der Waals surface area contributed by atoms with E-state index >= 15 is 0 Å². The third-order valence-electron chi connectivity index (χ3n) is 4.88. The van der Waals surface area contributed by atoms with Crippen LogP contribution in [0.25, 0.3) is 0 Å². The van der Waals surface area contributed by atoms with Crippen molar-refractivity contribution in [3.05, 3.63) is 59.4 Å². The summed E-state index contributed by atoms with van der Waals surface area (Å²) in [6.45, 7) is 3.34. The number of carbonyl (C=O) groups is 2. The van der Waals surface area contributed by atoms with Crippen LogP contribution in [0, 0.1) is 5.82 Å². The fourth-order valence-electron chi connectivity index (χ4n) is 3.30. The first-order valence-corrected chi connectivity index (χ1v) is 12.2. The van der Waals surface area contributed by atoms with Gasteiger partial charge in [-0.25, -0.2) is 12.8 Å². The van der Waals surface area contributed by atoms with Gasteiger partial charge in [0.05, 0.1) is 24.7 Å². The highest BCUT2D eigenvalue weighted by Gasteiger charge is 2.15. The first-order chi connectivity index (χ1) is 15.2. The predicted molar refractivity (Wildman–Crippen MR) is 120 cm³/mol. The van der Waals surface area contributed by atoms with Crippen molar-refractivity contribution in [1.29, 1.82) is 0 Å². The summed E-state index contributed by atoms with van der Waals surface area (Å²) >= 11 is 0. The Hall–Kier alpha value is -2.82. The Bertz CT molecular complexity index is 1080. The second-order valence-electron chi connectivity index (χ2n) is 7.67. The first kappa shape index (κ1) is 23.8. The van der Waals surface area contributed by atoms with Crippen LogP contribution in [0.3, 0.4) is 0 Å². The van der Waals surface area contributed by atoms with Gasteiger partial charge in [0, 0.05) is 43.6 Å². The molecule has 1 aliphatic rings. The van der Waals surface area contributed by atoms with Crippen LogP contribution in [-0.2, 0) is 25.1 Å². The van der Waals surface area contributed by atoms with Gasteiger partial charge in [0.25, 0.3) is 5.91 Å². The molecule has 1 fully saturated rings. The van der Waals surface area contributed by atoms with E-state index in [2.05, 4.69) is 15.5 Å². The van der Waals surface area contributed by atoms with Crippen molar-refractivity contribution in [3.63, 3.8) is 0 Å². The van der Waals surface area contributed by atoms with Gasteiger partial charge in [0.1, 0.15) is 5.82 Å². The zero-order valence-corrected chi connectivity index (χ0v) is 18.6. The van der Waals surface area contributed by atoms with E-state index in [1.807, 2.05) is 0 Å². The van der Waals surface area contributed by atoms with E-state index in [0.29, 0.717) is 31.0 Å². The zero-order valence-electron chi connectivity index (χ0n) is 17.8. The number of ether oxygens (including phenoxy) is 1. The molecule has 2 amide bonds. The zero-order chi connectivity index (χ0) is 23.1. The van der Waals surface area contributed by atoms with Crippen LogP contribution in [0.15, 0.2) is 42.5 Å². The summed E-state index contributed by atoms with van der Waals surface area (Å²) in [6.07, 6.45) is 1.33. The number of benzene rings is 2. The van der Waals surface area contributed by atoms with Gasteiger partial charge >= 0.3 is 0 Å². The van der Waals surface area contributed by atoms with Crippen LogP contribution in [0.5, 0.6) is 0 Å². The largest absolute Gasteiger partial charge is 0.379 e. The maximum absolute atomic E-state index is 14.2. The SMILES string of the molecule is CS(=O)(=O)Cc1cccc(C(=O)Nc2ccc(F)c(NC(=O)CCN3CCOCC3)c2)c1. The molecule has 0 unspecified atom stereocenters. The lowest BCUT2D eigenvalue weighted by Crippen LogP contribution is -2.38. The van der Waals surface area contributed by atoms with Gasteiger partial charge < -0.3 is 15.4 Å². The number of amides is 2. The molecule has 3 rings (SSSR count). The minimum absolute atomic E-state index is 0.0272. The minimum Gasteiger partial charge on any atom is -0.379 e. The number of carbonyl (C=O) groups excluding carboxylic acids is 2. The number of rotatable bonds is 8. The van der Waals surface area contributed by atoms with E-state index < -0.39 is 21.6 Å². The number of hydrogen-bond donors (Lipinski definition) is 2. The summed E-state index contributed by atoms with van der Waals surface area (Å²) in [5.41, 5.74) is 1.04. The molecule has 172 valence electrons. The Morgan fingerprint density at radius 2 is 1.84 bits per heavy atom. The highest BCUT2D eigenvalue weighted by atomic mass is 32.2. The highest BCUT2D eigenvalue weighted by Crippen LogP contribution is 2.21. The van der Waals surface area contributed by atoms with Crippen LogP contribution in [0.1, 0.15) is 22.3 Å². The number of hydrogen-bond acceptors (Lipinski definition) is 6. The average molecular weight is 464 g/mol. The molecule has 1 aliphatic heterocycles. The first-order valence-electron chi connectivity index (χ1n) is 10.2. The van der Waals surface area contributed by atoms with Crippen molar-refractivity contribution in [2.45, 2.75) is 12.2 Å². The number of morpholine rings is 1. The lowest BCUT2D eigenvalue weighted by atomic mass is 10.1. The molecule has 10 heteroatoms. The summed E-state index contributed by atoms with van der Waals surface area (Å²) in [6, 6.07) is 10.2. The van der Waals surface area contributed by atoms with Crippen molar-refractivity contribution >= 4 is 33.0 Å². The van der Waals surface area contributed by atoms with Gasteiger partial charge in [-0.2, -0.15) is 0 Å². The normalized spacial score (nSPS) is 14.7. The van der Waals surface area contributed by atoms with Crippen LogP contribution in [-0.4, -0.2) is 64.2 Å². The van der Waals surface area contributed by atoms with Gasteiger partial charge in [-0.3, -0.25) is 14.5 Å². The van der Waals surface area contributed by atoms with Gasteiger partial charge in [-0.1, -0.05) is 12.1 Å². The molecule has 2 aromatic carbocycles. The Morgan fingerprint density at radius 1 is 1.09 bits per heavy atom. The van der Waals surface area contributed by atoms with Crippen LogP contribution >= 0.6 is 0 Å². The summed E-state index contributed by atoms with van der Waals surface area (Å²) < 4.78 is 42.4. The molecule has 1 heterocycles. The highest BCUT2D eigenvalue weighted by molar-refractivity contribution is 7.89. The molecule has 32 heavy (non-hydrogen) atoms. The van der Waals surface area contributed by atoms with E-state index in [9.17, 15) is 22.4 Å². The van der Waals surface area contributed by atoms with Crippen molar-refractivity contribution in [2.75, 3.05) is 49.7 Å². The number of halogens is 1. The predicted octanol–water partition coefficient (Wildman–Crippen LogP) is 2.28. The maximum atomic E-state index is 14.2. The summed E-state index contributed by atoms with van der Waals surface area (Å²) in [4.78, 5) is 26.9. The fraction of sp³-hybridized carbons (Fsp3) is 0.364. The van der Waals surface area contributed by atoms with E-state index in [4.69, 9.17) is 4.74 Å². The quantitative estimate of drug-likeness (QED) is 0.623. The molecule has 0 atom stereocenters. The number of sulfone groups is 1. The van der Waals surface area contributed by atoms with E-state index in [1.165, 1.54) is 18.2 Å². The van der Waals surface area contributed by atoms with Crippen molar-refractivity contribution < 1.29 is 27.1 Å². The number of anilines is 2. The second-order valence-corrected chi connectivity index (χ2v) is 9.81. The number of nitrogens with one attached hydrogen (secondary N) is 2. The molecule has 0 radical (unpaired) electrons. The Morgan fingerprint density at radius 3 is 2.56 bits per heavy atom. The lowest BCUT2D eigenvalue weighted by Gasteiger charge is -2.26. The van der Waals surface area contributed by atoms with Gasteiger partial charge in [-0.05, 0) is 35.9 Å². The molecular weight excluding hydrogens is 437 g/mol. The van der Waals surface area contributed by atoms with Crippen LogP contribution in [0.4, 0.5) is 15.8 Å². The Labute approximate surface area is 186 Å². The summed E-state index contributed by atoms with van der Waals surface area (Å²) in [7, 11) is -3.24. The van der Waals surface area contributed by atoms with Crippen molar-refractivity contribution in [1.82, 2.24) is 4.90 Å². The van der Waals surface area contributed by atoms with Gasteiger partial charge in [0.2, 0.25) is 5.91 Å². The van der Waals surface area contributed by atoms with E-state index in [0.717, 1.165) is 25.4 Å². The monoisotopic (exact) mass is 463 g/mol. The molecule has 8 nitrogen and oxygen atoms in total. The molecule has 0 aliphatic carbocycles. The topological polar surface area (TPSA) is 105 Å². The fourth-order valence-corrected chi connectivity index (χ4v) is 4.09. The average Bonchev–Trinajstić information content (AvgIpc) is 2.74. The molecule has 2 N–H and O–H groups in total. The van der Waals surface area contributed by atoms with Crippen molar-refractivity contribution in [3.8, 4) is 0 Å². The van der Waals surface area contributed by atoms with E-state index in [-0.39, 0.29) is 29.3 Å².